The first-order chi connectivity index (χ1) is 12.5. The number of carbonyl (C=O) groups is 3. The number of benzene rings is 1. The summed E-state index contributed by atoms with van der Waals surface area (Å²) in [5.74, 6) is -1.11. The van der Waals surface area contributed by atoms with E-state index in [1.165, 1.54) is 31.7 Å². The minimum absolute atomic E-state index is 0.160. The maximum absolute atomic E-state index is 12.7. The Bertz CT molecular complexity index is 724. The molecule has 0 aromatic heterocycles. The first-order valence-electron chi connectivity index (χ1n) is 8.96. The zero-order chi connectivity index (χ0) is 18.7. The van der Waals surface area contributed by atoms with Crippen molar-refractivity contribution in [1.29, 1.82) is 0 Å². The van der Waals surface area contributed by atoms with Gasteiger partial charge in [0.05, 0.1) is 23.4 Å². The molecule has 26 heavy (non-hydrogen) atoms. The molecule has 0 atom stereocenters. The lowest BCUT2D eigenvalue weighted by Gasteiger charge is -2.25. The van der Waals surface area contributed by atoms with E-state index in [9.17, 15) is 14.4 Å². The van der Waals surface area contributed by atoms with Crippen molar-refractivity contribution in [3.05, 3.63) is 28.8 Å². The third-order valence-electron chi connectivity index (χ3n) is 5.20. The van der Waals surface area contributed by atoms with E-state index in [-0.39, 0.29) is 23.4 Å². The molecule has 3 rings (SSSR count). The van der Waals surface area contributed by atoms with E-state index >= 15 is 0 Å². The summed E-state index contributed by atoms with van der Waals surface area (Å²) in [4.78, 5) is 37.0. The van der Waals surface area contributed by atoms with Gasteiger partial charge in [-0.05, 0) is 43.9 Å². The largest absolute Gasteiger partial charge is 0.465 e. The van der Waals surface area contributed by atoms with Gasteiger partial charge in [0.1, 0.15) is 5.41 Å². The predicted molar refractivity (Wildman–Crippen MR) is 98.1 cm³/mol. The molecule has 2 amide bonds. The van der Waals surface area contributed by atoms with Gasteiger partial charge in [-0.15, -0.1) is 0 Å². The van der Waals surface area contributed by atoms with Crippen LogP contribution in [0.25, 0.3) is 0 Å². The van der Waals surface area contributed by atoms with E-state index in [1.807, 2.05) is 0 Å². The SMILES string of the molecule is COC(=O)c1ccc(Cl)c(NC(=O)C2(C(=O)NC3CCCCC3)CC2)c1. The quantitative estimate of drug-likeness (QED) is 0.608. The van der Waals surface area contributed by atoms with Gasteiger partial charge in [-0.25, -0.2) is 4.79 Å². The molecule has 140 valence electrons. The third kappa shape index (κ3) is 3.85. The molecule has 2 N–H and O–H groups in total. The summed E-state index contributed by atoms with van der Waals surface area (Å²) in [5, 5.41) is 6.05. The van der Waals surface area contributed by atoms with Crippen LogP contribution in [0.4, 0.5) is 5.69 Å². The number of ether oxygens (including phenoxy) is 1. The third-order valence-corrected chi connectivity index (χ3v) is 5.52. The minimum atomic E-state index is -1.03. The molecule has 0 spiro atoms. The monoisotopic (exact) mass is 378 g/mol. The molecule has 0 bridgehead atoms. The number of methoxy groups -OCH3 is 1. The second-order valence-corrected chi connectivity index (χ2v) is 7.44. The topological polar surface area (TPSA) is 84.5 Å². The molecule has 0 saturated heterocycles. The Labute approximate surface area is 157 Å². The molecule has 7 heteroatoms. The Kier molecular flexibility index (Phi) is 5.51. The highest BCUT2D eigenvalue weighted by Gasteiger charge is 2.56. The predicted octanol–water partition coefficient (Wildman–Crippen LogP) is 3.29. The number of rotatable bonds is 5. The van der Waals surface area contributed by atoms with Crippen molar-refractivity contribution in [3.63, 3.8) is 0 Å². The Morgan fingerprint density at radius 1 is 1.12 bits per heavy atom. The van der Waals surface area contributed by atoms with E-state index in [0.29, 0.717) is 23.6 Å². The van der Waals surface area contributed by atoms with Crippen molar-refractivity contribution in [1.82, 2.24) is 5.32 Å². The highest BCUT2D eigenvalue weighted by atomic mass is 35.5. The lowest BCUT2D eigenvalue weighted by Crippen LogP contribution is -2.45. The fraction of sp³-hybridized carbons (Fsp3) is 0.526. The Balaban J connectivity index is 1.69. The molecular formula is C19H23ClN2O4. The molecular weight excluding hydrogens is 356 g/mol. The number of amides is 2. The first kappa shape index (κ1) is 18.7. The minimum Gasteiger partial charge on any atom is -0.465 e. The van der Waals surface area contributed by atoms with Crippen LogP contribution < -0.4 is 10.6 Å². The van der Waals surface area contributed by atoms with Crippen molar-refractivity contribution < 1.29 is 19.1 Å². The second kappa shape index (κ2) is 7.66. The van der Waals surface area contributed by atoms with Crippen LogP contribution >= 0.6 is 11.6 Å². The number of carbonyl (C=O) groups excluding carboxylic acids is 3. The van der Waals surface area contributed by atoms with Crippen LogP contribution in [0, 0.1) is 5.41 Å². The van der Waals surface area contributed by atoms with Gasteiger partial charge in [-0.1, -0.05) is 30.9 Å². The average Bonchev–Trinajstić information content (AvgIpc) is 3.46. The van der Waals surface area contributed by atoms with Crippen LogP contribution in [0.5, 0.6) is 0 Å². The first-order valence-corrected chi connectivity index (χ1v) is 9.34. The maximum atomic E-state index is 12.7. The van der Waals surface area contributed by atoms with Crippen molar-refractivity contribution in [2.75, 3.05) is 12.4 Å². The zero-order valence-electron chi connectivity index (χ0n) is 14.8. The standard InChI is InChI=1S/C19H23ClN2O4/c1-26-16(23)12-7-8-14(20)15(11-12)22-18(25)19(9-10-19)17(24)21-13-5-3-2-4-6-13/h7-8,11,13H,2-6,9-10H2,1H3,(H,21,24)(H,22,25). The highest BCUT2D eigenvalue weighted by molar-refractivity contribution is 6.34. The molecule has 0 aliphatic heterocycles. The Morgan fingerprint density at radius 2 is 1.81 bits per heavy atom. The lowest BCUT2D eigenvalue weighted by atomic mass is 9.94. The van der Waals surface area contributed by atoms with Gasteiger partial charge in [-0.2, -0.15) is 0 Å². The molecule has 0 heterocycles. The summed E-state index contributed by atoms with van der Waals surface area (Å²) in [7, 11) is 1.28. The molecule has 2 aliphatic carbocycles. The fourth-order valence-electron chi connectivity index (χ4n) is 3.36. The van der Waals surface area contributed by atoms with Gasteiger partial charge in [0, 0.05) is 6.04 Å². The molecule has 2 saturated carbocycles. The average molecular weight is 379 g/mol. The van der Waals surface area contributed by atoms with E-state index < -0.39 is 11.4 Å². The molecule has 0 unspecified atom stereocenters. The highest BCUT2D eigenvalue weighted by Crippen LogP contribution is 2.47. The van der Waals surface area contributed by atoms with Crippen LogP contribution in [0.2, 0.25) is 5.02 Å². The number of esters is 1. The Hall–Kier alpha value is -2.08. The molecule has 6 nitrogen and oxygen atoms in total. The van der Waals surface area contributed by atoms with E-state index in [0.717, 1.165) is 25.7 Å². The number of hydrogen-bond donors (Lipinski definition) is 2. The summed E-state index contributed by atoms with van der Waals surface area (Å²) in [6, 6.07) is 4.66. The lowest BCUT2D eigenvalue weighted by molar-refractivity contribution is -0.135. The summed E-state index contributed by atoms with van der Waals surface area (Å²) in [6.07, 6.45) is 6.40. The van der Waals surface area contributed by atoms with Crippen molar-refractivity contribution >= 4 is 35.1 Å². The zero-order valence-corrected chi connectivity index (χ0v) is 15.5. The maximum Gasteiger partial charge on any atom is 0.337 e. The molecule has 0 radical (unpaired) electrons. The van der Waals surface area contributed by atoms with E-state index in [1.54, 1.807) is 0 Å². The van der Waals surface area contributed by atoms with Gasteiger partial charge in [-0.3, -0.25) is 9.59 Å². The number of anilines is 1. The number of hydrogen-bond acceptors (Lipinski definition) is 4. The van der Waals surface area contributed by atoms with Gasteiger partial charge in [0.15, 0.2) is 0 Å². The fourth-order valence-corrected chi connectivity index (χ4v) is 3.53. The van der Waals surface area contributed by atoms with Gasteiger partial charge in [0.2, 0.25) is 11.8 Å². The molecule has 1 aromatic rings. The van der Waals surface area contributed by atoms with Crippen LogP contribution in [-0.2, 0) is 14.3 Å². The summed E-state index contributed by atoms with van der Waals surface area (Å²) in [5.41, 5.74) is -0.442. The Morgan fingerprint density at radius 3 is 2.42 bits per heavy atom. The molecule has 2 aliphatic rings. The van der Waals surface area contributed by atoms with Crippen LogP contribution in [0.3, 0.4) is 0 Å². The summed E-state index contributed by atoms with van der Waals surface area (Å²) >= 11 is 6.13. The van der Waals surface area contributed by atoms with Crippen LogP contribution in [-0.4, -0.2) is 30.9 Å². The summed E-state index contributed by atoms with van der Waals surface area (Å²) in [6.45, 7) is 0. The van der Waals surface area contributed by atoms with Gasteiger partial charge < -0.3 is 15.4 Å². The number of nitrogens with one attached hydrogen (secondary N) is 2. The van der Waals surface area contributed by atoms with Crippen molar-refractivity contribution in [3.8, 4) is 0 Å². The summed E-state index contributed by atoms with van der Waals surface area (Å²) < 4.78 is 4.68. The van der Waals surface area contributed by atoms with Crippen molar-refractivity contribution in [2.24, 2.45) is 5.41 Å². The molecule has 1 aromatic carbocycles. The number of halogens is 1. The molecule has 2 fully saturated rings. The second-order valence-electron chi connectivity index (χ2n) is 7.03. The van der Waals surface area contributed by atoms with Gasteiger partial charge >= 0.3 is 5.97 Å². The van der Waals surface area contributed by atoms with Crippen LogP contribution in [0.1, 0.15) is 55.3 Å². The van der Waals surface area contributed by atoms with E-state index in [4.69, 9.17) is 11.6 Å². The van der Waals surface area contributed by atoms with Crippen LogP contribution in [0.15, 0.2) is 18.2 Å². The van der Waals surface area contributed by atoms with E-state index in [2.05, 4.69) is 15.4 Å². The van der Waals surface area contributed by atoms with Crippen molar-refractivity contribution in [2.45, 2.75) is 51.0 Å². The van der Waals surface area contributed by atoms with Gasteiger partial charge in [0.25, 0.3) is 0 Å². The normalized spacial score (nSPS) is 18.7. The smallest absolute Gasteiger partial charge is 0.337 e.